The molecule has 14 heteroatoms. The highest BCUT2D eigenvalue weighted by molar-refractivity contribution is 6.35. The number of ether oxygens (including phenoxy) is 4. The van der Waals surface area contributed by atoms with Gasteiger partial charge in [0.05, 0.1) is 18.2 Å². The Bertz CT molecular complexity index is 1220. The summed E-state index contributed by atoms with van der Waals surface area (Å²) in [5, 5.41) is 71.5. The Kier molecular flexibility index (Phi) is 9.97. The van der Waals surface area contributed by atoms with Crippen molar-refractivity contribution in [2.24, 2.45) is 0 Å². The Balaban J connectivity index is 1.61. The van der Waals surface area contributed by atoms with Crippen molar-refractivity contribution in [1.82, 2.24) is 0 Å². The standard InChI is InChI=1S/C27H31ClO13/c1-2-38-13-6-3-11(4-7-13)17(30)14-9-12(5-8-15(14)28)23-22(35)24(18(31)16(10-29)39-23)40-27-21(34)19(32)20(33)25(41-27)26(36)37/h3-9,16,18-25,27,29,31-35H,2,10H2,1H3,(H,36,37)/t16-,18-,19+,20+,21-,22+,23+,24+,25+,27-/m1/s1. The minimum Gasteiger partial charge on any atom is -0.494 e. The molecule has 2 aromatic carbocycles. The summed E-state index contributed by atoms with van der Waals surface area (Å²) in [6.07, 6.45) is -17.5. The van der Waals surface area contributed by atoms with E-state index in [1.807, 2.05) is 6.92 Å². The maximum Gasteiger partial charge on any atom is 0.335 e. The first-order valence-electron chi connectivity index (χ1n) is 12.8. The van der Waals surface area contributed by atoms with Gasteiger partial charge in [0.2, 0.25) is 0 Å². The molecule has 4 rings (SSSR count). The van der Waals surface area contributed by atoms with E-state index in [9.17, 15) is 45.3 Å². The first-order valence-corrected chi connectivity index (χ1v) is 13.1. The van der Waals surface area contributed by atoms with Gasteiger partial charge in [0.15, 0.2) is 18.2 Å². The summed E-state index contributed by atoms with van der Waals surface area (Å²) in [5.74, 6) is -1.52. The van der Waals surface area contributed by atoms with E-state index < -0.39 is 79.6 Å². The minimum absolute atomic E-state index is 0.0701. The number of benzene rings is 2. The van der Waals surface area contributed by atoms with Crippen molar-refractivity contribution in [3.05, 3.63) is 64.2 Å². The zero-order valence-corrected chi connectivity index (χ0v) is 22.4. The second kappa shape index (κ2) is 13.1. The topological polar surface area (TPSA) is 213 Å². The number of carboxylic acid groups (broad SMARTS) is 1. The van der Waals surface area contributed by atoms with Crippen molar-refractivity contribution in [3.8, 4) is 5.75 Å². The molecule has 2 heterocycles. The number of ketones is 1. The molecule has 2 aliphatic rings. The van der Waals surface area contributed by atoms with Crippen molar-refractivity contribution in [3.63, 3.8) is 0 Å². The van der Waals surface area contributed by atoms with Crippen LogP contribution < -0.4 is 4.74 Å². The number of hydrogen-bond acceptors (Lipinski definition) is 12. The number of halogens is 1. The highest BCUT2D eigenvalue weighted by Gasteiger charge is 2.52. The molecular weight excluding hydrogens is 568 g/mol. The van der Waals surface area contributed by atoms with Gasteiger partial charge in [-0.1, -0.05) is 17.7 Å². The van der Waals surface area contributed by atoms with Gasteiger partial charge in [0.25, 0.3) is 0 Å². The lowest BCUT2D eigenvalue weighted by Gasteiger charge is -2.46. The van der Waals surface area contributed by atoms with Crippen LogP contribution in [0.2, 0.25) is 5.02 Å². The van der Waals surface area contributed by atoms with E-state index in [2.05, 4.69) is 0 Å². The van der Waals surface area contributed by atoms with Gasteiger partial charge in [-0.3, -0.25) is 4.79 Å². The molecule has 2 aromatic rings. The summed E-state index contributed by atoms with van der Waals surface area (Å²) < 4.78 is 21.8. The highest BCUT2D eigenvalue weighted by atomic mass is 35.5. The van der Waals surface area contributed by atoms with Crippen LogP contribution in [-0.4, -0.2) is 116 Å². The van der Waals surface area contributed by atoms with Gasteiger partial charge in [-0.15, -0.1) is 0 Å². The Labute approximate surface area is 239 Å². The van der Waals surface area contributed by atoms with Crippen LogP contribution in [0.5, 0.6) is 5.75 Å². The molecule has 224 valence electrons. The number of aliphatic hydroxyl groups is 6. The highest BCUT2D eigenvalue weighted by Crippen LogP contribution is 2.37. The third kappa shape index (κ3) is 6.39. The van der Waals surface area contributed by atoms with E-state index in [0.29, 0.717) is 17.9 Å². The molecule has 0 unspecified atom stereocenters. The molecule has 0 amide bonds. The zero-order valence-electron chi connectivity index (χ0n) is 21.7. The van der Waals surface area contributed by atoms with Crippen molar-refractivity contribution >= 4 is 23.4 Å². The van der Waals surface area contributed by atoms with E-state index in [0.717, 1.165) is 0 Å². The number of hydrogen-bond donors (Lipinski definition) is 7. The van der Waals surface area contributed by atoms with Gasteiger partial charge in [0, 0.05) is 11.1 Å². The predicted molar refractivity (Wildman–Crippen MR) is 138 cm³/mol. The molecule has 0 bridgehead atoms. The molecule has 10 atom stereocenters. The first kappa shape index (κ1) is 31.3. The summed E-state index contributed by atoms with van der Waals surface area (Å²) in [6.45, 7) is 1.55. The number of carboxylic acids is 1. The zero-order chi connectivity index (χ0) is 30.0. The number of carbonyl (C=O) groups is 2. The van der Waals surface area contributed by atoms with Crippen LogP contribution in [0.1, 0.15) is 34.5 Å². The second-order valence-electron chi connectivity index (χ2n) is 9.62. The smallest absolute Gasteiger partial charge is 0.335 e. The summed E-state index contributed by atoms with van der Waals surface area (Å²) in [4.78, 5) is 24.7. The normalized spacial score (nSPS) is 33.8. The van der Waals surface area contributed by atoms with Crippen LogP contribution in [-0.2, 0) is 19.0 Å². The predicted octanol–water partition coefficient (Wildman–Crippen LogP) is -0.599. The molecule has 13 nitrogen and oxygen atoms in total. The molecule has 41 heavy (non-hydrogen) atoms. The quantitative estimate of drug-likeness (QED) is 0.180. The average Bonchev–Trinajstić information content (AvgIpc) is 2.95. The summed E-state index contributed by atoms with van der Waals surface area (Å²) in [6, 6.07) is 10.6. The third-order valence-corrected chi connectivity index (χ3v) is 7.29. The minimum atomic E-state index is -1.99. The fourth-order valence-electron chi connectivity index (χ4n) is 4.76. The molecule has 0 spiro atoms. The molecule has 0 aromatic heterocycles. The number of rotatable bonds is 9. The maximum atomic E-state index is 13.3. The molecule has 0 saturated carbocycles. The Morgan fingerprint density at radius 2 is 1.59 bits per heavy atom. The van der Waals surface area contributed by atoms with Crippen molar-refractivity contribution in [1.29, 1.82) is 0 Å². The number of aliphatic hydroxyl groups excluding tert-OH is 6. The van der Waals surface area contributed by atoms with Crippen molar-refractivity contribution in [2.75, 3.05) is 13.2 Å². The van der Waals surface area contributed by atoms with Gasteiger partial charge in [0.1, 0.15) is 54.6 Å². The lowest BCUT2D eigenvalue weighted by atomic mass is 9.89. The SMILES string of the molecule is CCOc1ccc(C(=O)c2cc([C@@H]3O[C@H](CO)[C@@H](O)[C@H](O[C@@H]4O[C@H](C(=O)O)[C@@H](O)[C@H](O)[C@H]4O)[C@H]3O)ccc2Cl)cc1. The van der Waals surface area contributed by atoms with E-state index in [4.69, 9.17) is 30.5 Å². The molecule has 0 radical (unpaired) electrons. The molecule has 0 aliphatic carbocycles. The molecule has 2 fully saturated rings. The van der Waals surface area contributed by atoms with Crippen LogP contribution in [0.15, 0.2) is 42.5 Å². The van der Waals surface area contributed by atoms with Gasteiger partial charge >= 0.3 is 5.97 Å². The summed E-state index contributed by atoms with van der Waals surface area (Å²) >= 11 is 6.32. The largest absolute Gasteiger partial charge is 0.494 e. The van der Waals surface area contributed by atoms with Crippen LogP contribution in [0.3, 0.4) is 0 Å². The van der Waals surface area contributed by atoms with Crippen LogP contribution in [0.25, 0.3) is 0 Å². The Morgan fingerprint density at radius 3 is 2.20 bits per heavy atom. The van der Waals surface area contributed by atoms with Gasteiger partial charge in [-0.2, -0.15) is 0 Å². The van der Waals surface area contributed by atoms with E-state index >= 15 is 0 Å². The molecule has 2 saturated heterocycles. The summed E-state index contributed by atoms with van der Waals surface area (Å²) in [5.41, 5.74) is 0.597. The molecule has 7 N–H and O–H groups in total. The third-order valence-electron chi connectivity index (χ3n) is 6.96. The second-order valence-corrected chi connectivity index (χ2v) is 10.0. The Morgan fingerprint density at radius 1 is 0.902 bits per heavy atom. The molecule has 2 aliphatic heterocycles. The van der Waals surface area contributed by atoms with Crippen LogP contribution in [0.4, 0.5) is 0 Å². The summed E-state index contributed by atoms with van der Waals surface area (Å²) in [7, 11) is 0. The van der Waals surface area contributed by atoms with Crippen LogP contribution >= 0.6 is 11.6 Å². The van der Waals surface area contributed by atoms with Gasteiger partial charge in [-0.25, -0.2) is 4.79 Å². The van der Waals surface area contributed by atoms with Crippen molar-refractivity contribution in [2.45, 2.75) is 68.1 Å². The van der Waals surface area contributed by atoms with E-state index in [1.54, 1.807) is 24.3 Å². The van der Waals surface area contributed by atoms with E-state index in [1.165, 1.54) is 18.2 Å². The van der Waals surface area contributed by atoms with Gasteiger partial charge in [-0.05, 0) is 48.9 Å². The lowest BCUT2D eigenvalue weighted by Crippen LogP contribution is -2.64. The van der Waals surface area contributed by atoms with E-state index in [-0.39, 0.29) is 16.1 Å². The Hall–Kier alpha value is -2.69. The van der Waals surface area contributed by atoms with Crippen molar-refractivity contribution < 1.29 is 64.3 Å². The number of carbonyl (C=O) groups excluding carboxylic acids is 1. The number of aliphatic carboxylic acids is 1. The molecular formula is C27H31ClO13. The fourth-order valence-corrected chi connectivity index (χ4v) is 4.96. The first-order chi connectivity index (χ1) is 19.5. The lowest BCUT2D eigenvalue weighted by molar-refractivity contribution is -0.337. The maximum absolute atomic E-state index is 13.3. The van der Waals surface area contributed by atoms with Gasteiger partial charge < -0.3 is 54.7 Å². The average molecular weight is 599 g/mol. The van der Waals surface area contributed by atoms with Crippen LogP contribution in [0, 0.1) is 0 Å². The monoisotopic (exact) mass is 598 g/mol. The fraction of sp³-hybridized carbons (Fsp3) is 0.481.